The second kappa shape index (κ2) is 4.68. The first kappa shape index (κ1) is 12.4. The summed E-state index contributed by atoms with van der Waals surface area (Å²) in [7, 11) is 0. The van der Waals surface area contributed by atoms with Crippen LogP contribution in [0.1, 0.15) is 25.5 Å². The van der Waals surface area contributed by atoms with Crippen LogP contribution in [0.4, 0.5) is 0 Å². The van der Waals surface area contributed by atoms with E-state index in [9.17, 15) is 14.7 Å². The molecule has 0 aromatic heterocycles. The van der Waals surface area contributed by atoms with Crippen molar-refractivity contribution in [3.63, 3.8) is 0 Å². The number of benzene rings is 1. The SMILES string of the molecule is CC(C)N1CC(=O)N[C@H](c2ccccc2O)C1=O. The van der Waals surface area contributed by atoms with Crippen molar-refractivity contribution in [1.29, 1.82) is 0 Å². The molecule has 5 nitrogen and oxygen atoms in total. The lowest BCUT2D eigenvalue weighted by Gasteiger charge is -2.35. The first-order valence-electron chi connectivity index (χ1n) is 5.88. The van der Waals surface area contributed by atoms with Crippen LogP contribution in [0.15, 0.2) is 24.3 Å². The highest BCUT2D eigenvalue weighted by molar-refractivity contribution is 5.96. The zero-order chi connectivity index (χ0) is 13.3. The van der Waals surface area contributed by atoms with Crippen LogP contribution in [-0.2, 0) is 9.59 Å². The first-order valence-corrected chi connectivity index (χ1v) is 5.88. The Kier molecular flexibility index (Phi) is 3.23. The third-order valence-corrected chi connectivity index (χ3v) is 3.02. The van der Waals surface area contributed by atoms with Crippen LogP contribution in [-0.4, -0.2) is 34.4 Å². The zero-order valence-corrected chi connectivity index (χ0v) is 10.4. The maximum Gasteiger partial charge on any atom is 0.250 e. The van der Waals surface area contributed by atoms with Crippen molar-refractivity contribution >= 4 is 11.8 Å². The predicted octanol–water partition coefficient (Wildman–Crippen LogP) is 0.800. The maximum atomic E-state index is 12.3. The predicted molar refractivity (Wildman–Crippen MR) is 65.8 cm³/mol. The number of phenolic OH excluding ortho intramolecular Hbond substituents is 1. The standard InChI is InChI=1S/C13H16N2O3/c1-8(2)15-7-11(17)14-12(13(15)18)9-5-3-4-6-10(9)16/h3-6,8,12,16H,7H2,1-2H3,(H,14,17)/t12-/m1/s1. The van der Waals surface area contributed by atoms with E-state index in [1.54, 1.807) is 18.2 Å². The third-order valence-electron chi connectivity index (χ3n) is 3.02. The summed E-state index contributed by atoms with van der Waals surface area (Å²) in [4.78, 5) is 25.4. The summed E-state index contributed by atoms with van der Waals surface area (Å²) in [5, 5.41) is 12.4. The molecule has 0 radical (unpaired) electrons. The lowest BCUT2D eigenvalue weighted by Crippen LogP contribution is -2.55. The van der Waals surface area contributed by atoms with Gasteiger partial charge in [-0.15, -0.1) is 0 Å². The molecular weight excluding hydrogens is 232 g/mol. The van der Waals surface area contributed by atoms with Crippen LogP contribution in [0.5, 0.6) is 5.75 Å². The van der Waals surface area contributed by atoms with Crippen molar-refractivity contribution in [1.82, 2.24) is 10.2 Å². The van der Waals surface area contributed by atoms with Crippen LogP contribution >= 0.6 is 0 Å². The third kappa shape index (κ3) is 2.16. The maximum absolute atomic E-state index is 12.3. The average molecular weight is 248 g/mol. The van der Waals surface area contributed by atoms with Crippen LogP contribution < -0.4 is 5.32 Å². The van der Waals surface area contributed by atoms with Gasteiger partial charge >= 0.3 is 0 Å². The number of aromatic hydroxyl groups is 1. The van der Waals surface area contributed by atoms with Crippen LogP contribution in [0.2, 0.25) is 0 Å². The van der Waals surface area contributed by atoms with Crippen molar-refractivity contribution in [2.75, 3.05) is 6.54 Å². The first-order chi connectivity index (χ1) is 8.50. The zero-order valence-electron chi connectivity index (χ0n) is 10.4. The Morgan fingerprint density at radius 2 is 2.00 bits per heavy atom. The number of piperazine rings is 1. The Bertz CT molecular complexity index is 485. The van der Waals surface area contributed by atoms with Gasteiger partial charge in [-0.25, -0.2) is 0 Å². The van der Waals surface area contributed by atoms with Crippen LogP contribution in [0.25, 0.3) is 0 Å². The summed E-state index contributed by atoms with van der Waals surface area (Å²) in [5.74, 6) is -0.385. The van der Waals surface area contributed by atoms with E-state index >= 15 is 0 Å². The monoisotopic (exact) mass is 248 g/mol. The lowest BCUT2D eigenvalue weighted by molar-refractivity contribution is -0.146. The molecule has 1 fully saturated rings. The number of nitrogens with zero attached hydrogens (tertiary/aromatic N) is 1. The molecule has 0 spiro atoms. The van der Waals surface area contributed by atoms with Gasteiger partial charge in [0.2, 0.25) is 5.91 Å². The minimum atomic E-state index is -0.796. The van der Waals surface area contributed by atoms with Crippen molar-refractivity contribution < 1.29 is 14.7 Å². The highest BCUT2D eigenvalue weighted by atomic mass is 16.3. The molecule has 0 unspecified atom stereocenters. The Morgan fingerprint density at radius 1 is 1.33 bits per heavy atom. The lowest BCUT2D eigenvalue weighted by atomic mass is 10.0. The minimum absolute atomic E-state index is 0.0155. The summed E-state index contributed by atoms with van der Waals surface area (Å²) < 4.78 is 0. The van der Waals surface area contributed by atoms with E-state index in [-0.39, 0.29) is 30.2 Å². The molecule has 0 aliphatic carbocycles. The van der Waals surface area contributed by atoms with Gasteiger partial charge in [0.05, 0.1) is 6.54 Å². The van der Waals surface area contributed by atoms with E-state index < -0.39 is 6.04 Å². The summed E-state index contributed by atoms with van der Waals surface area (Å²) in [6.07, 6.45) is 0. The largest absolute Gasteiger partial charge is 0.508 e. The summed E-state index contributed by atoms with van der Waals surface area (Å²) in [6, 6.07) is 5.70. The molecule has 2 rings (SSSR count). The Hall–Kier alpha value is -2.04. The fraction of sp³-hybridized carbons (Fsp3) is 0.385. The van der Waals surface area contributed by atoms with E-state index in [4.69, 9.17) is 0 Å². The van der Waals surface area contributed by atoms with Gasteiger partial charge < -0.3 is 15.3 Å². The van der Waals surface area contributed by atoms with Gasteiger partial charge in [0.25, 0.3) is 5.91 Å². The van der Waals surface area contributed by atoms with Gasteiger partial charge in [-0.1, -0.05) is 18.2 Å². The Balaban J connectivity index is 2.35. The fourth-order valence-electron chi connectivity index (χ4n) is 2.05. The number of nitrogens with one attached hydrogen (secondary N) is 1. The van der Waals surface area contributed by atoms with Crippen molar-refractivity contribution in [3.8, 4) is 5.75 Å². The summed E-state index contributed by atoms with van der Waals surface area (Å²) in [5.41, 5.74) is 0.432. The molecule has 1 atom stereocenters. The average Bonchev–Trinajstić information content (AvgIpc) is 2.32. The fourth-order valence-corrected chi connectivity index (χ4v) is 2.05. The second-order valence-corrected chi connectivity index (χ2v) is 4.62. The van der Waals surface area contributed by atoms with E-state index in [0.717, 1.165) is 0 Å². The molecule has 1 saturated heterocycles. The smallest absolute Gasteiger partial charge is 0.250 e. The van der Waals surface area contributed by atoms with E-state index in [2.05, 4.69) is 5.32 Å². The molecule has 2 amide bonds. The van der Waals surface area contributed by atoms with Gasteiger partial charge in [0, 0.05) is 11.6 Å². The normalized spacial score (nSPS) is 20.2. The molecule has 18 heavy (non-hydrogen) atoms. The molecule has 2 N–H and O–H groups in total. The second-order valence-electron chi connectivity index (χ2n) is 4.62. The van der Waals surface area contributed by atoms with Gasteiger partial charge in [0.1, 0.15) is 11.8 Å². The number of hydrogen-bond donors (Lipinski definition) is 2. The van der Waals surface area contributed by atoms with Crippen LogP contribution in [0.3, 0.4) is 0 Å². The molecule has 0 bridgehead atoms. The van der Waals surface area contributed by atoms with Crippen molar-refractivity contribution in [3.05, 3.63) is 29.8 Å². The molecular formula is C13H16N2O3. The Morgan fingerprint density at radius 3 is 2.61 bits per heavy atom. The number of rotatable bonds is 2. The van der Waals surface area contributed by atoms with E-state index in [1.807, 2.05) is 13.8 Å². The molecule has 1 aromatic carbocycles. The van der Waals surface area contributed by atoms with E-state index in [1.165, 1.54) is 11.0 Å². The molecule has 1 heterocycles. The molecule has 1 aliphatic rings. The van der Waals surface area contributed by atoms with Crippen molar-refractivity contribution in [2.45, 2.75) is 25.9 Å². The number of amides is 2. The molecule has 0 saturated carbocycles. The molecule has 1 aromatic rings. The van der Waals surface area contributed by atoms with Gasteiger partial charge in [-0.05, 0) is 19.9 Å². The summed E-state index contributed by atoms with van der Waals surface area (Å²) in [6.45, 7) is 3.79. The number of para-hydroxylation sites is 1. The molecule has 5 heteroatoms. The topological polar surface area (TPSA) is 69.6 Å². The summed E-state index contributed by atoms with van der Waals surface area (Å²) >= 11 is 0. The Labute approximate surface area is 105 Å². The number of phenols is 1. The number of carbonyl (C=O) groups is 2. The van der Waals surface area contributed by atoms with Gasteiger partial charge in [0.15, 0.2) is 0 Å². The van der Waals surface area contributed by atoms with Crippen molar-refractivity contribution in [2.24, 2.45) is 0 Å². The molecule has 1 aliphatic heterocycles. The van der Waals surface area contributed by atoms with Gasteiger partial charge in [-0.3, -0.25) is 9.59 Å². The van der Waals surface area contributed by atoms with Gasteiger partial charge in [-0.2, -0.15) is 0 Å². The highest BCUT2D eigenvalue weighted by Gasteiger charge is 2.35. The van der Waals surface area contributed by atoms with Crippen LogP contribution in [0, 0.1) is 0 Å². The minimum Gasteiger partial charge on any atom is -0.508 e. The number of hydrogen-bond acceptors (Lipinski definition) is 3. The number of carbonyl (C=O) groups excluding carboxylic acids is 2. The highest BCUT2D eigenvalue weighted by Crippen LogP contribution is 2.27. The molecule has 96 valence electrons. The quantitative estimate of drug-likeness (QED) is 0.813. The van der Waals surface area contributed by atoms with E-state index in [0.29, 0.717) is 5.56 Å².